The Morgan fingerprint density at radius 3 is 2.49 bits per heavy atom. The standard InChI is InChI=1S/C30H25FN2O4/c1-18(2)24-15-25-21(14-28(34)37-27(25)13-19(24)3)17-36-30(35)26-16-33(23-7-5-4-6-8-23)32-29(26)20-9-11-22(31)12-10-20/h4-16,18H,17H2,1-3H3. The summed E-state index contributed by atoms with van der Waals surface area (Å²) >= 11 is 0. The van der Waals surface area contributed by atoms with Gasteiger partial charge in [0.15, 0.2) is 0 Å². The number of aryl methyl sites for hydroxylation is 1. The lowest BCUT2D eigenvalue weighted by atomic mass is 9.95. The molecule has 0 saturated carbocycles. The molecule has 0 amide bonds. The summed E-state index contributed by atoms with van der Waals surface area (Å²) in [4.78, 5) is 25.5. The molecule has 3 aromatic carbocycles. The number of rotatable bonds is 6. The lowest BCUT2D eigenvalue weighted by molar-refractivity contribution is 0.0474. The Morgan fingerprint density at radius 2 is 1.78 bits per heavy atom. The van der Waals surface area contributed by atoms with Crippen molar-refractivity contribution < 1.29 is 18.3 Å². The lowest BCUT2D eigenvalue weighted by Gasteiger charge is -2.13. The van der Waals surface area contributed by atoms with Crippen molar-refractivity contribution in [2.75, 3.05) is 0 Å². The number of benzene rings is 3. The smallest absolute Gasteiger partial charge is 0.342 e. The summed E-state index contributed by atoms with van der Waals surface area (Å²) in [5.74, 6) is -0.728. The van der Waals surface area contributed by atoms with Gasteiger partial charge in [0.2, 0.25) is 0 Å². The number of carbonyl (C=O) groups excluding carboxylic acids is 1. The van der Waals surface area contributed by atoms with Crippen LogP contribution in [0.4, 0.5) is 4.39 Å². The number of hydrogen-bond acceptors (Lipinski definition) is 5. The van der Waals surface area contributed by atoms with Gasteiger partial charge in [0.25, 0.3) is 0 Å². The maximum absolute atomic E-state index is 13.6. The Kier molecular flexibility index (Phi) is 6.44. The number of fused-ring (bicyclic) bond motifs is 1. The maximum atomic E-state index is 13.6. The Bertz CT molecular complexity index is 1650. The predicted octanol–water partition coefficient (Wildman–Crippen LogP) is 6.57. The largest absolute Gasteiger partial charge is 0.457 e. The van der Waals surface area contributed by atoms with Gasteiger partial charge in [0.05, 0.1) is 5.69 Å². The van der Waals surface area contributed by atoms with E-state index < -0.39 is 11.6 Å². The van der Waals surface area contributed by atoms with E-state index >= 15 is 0 Å². The maximum Gasteiger partial charge on any atom is 0.342 e. The number of carbonyl (C=O) groups is 1. The fourth-order valence-corrected chi connectivity index (χ4v) is 4.41. The van der Waals surface area contributed by atoms with Gasteiger partial charge >= 0.3 is 11.6 Å². The Balaban J connectivity index is 1.51. The van der Waals surface area contributed by atoms with Crippen molar-refractivity contribution in [3.8, 4) is 16.9 Å². The number of hydrogen-bond donors (Lipinski definition) is 0. The average Bonchev–Trinajstić information content (AvgIpc) is 3.33. The molecule has 0 fully saturated rings. The van der Waals surface area contributed by atoms with E-state index in [4.69, 9.17) is 9.15 Å². The molecule has 0 radical (unpaired) electrons. The van der Waals surface area contributed by atoms with Gasteiger partial charge in [-0.1, -0.05) is 32.0 Å². The summed E-state index contributed by atoms with van der Waals surface area (Å²) in [5, 5.41) is 5.31. The monoisotopic (exact) mass is 496 g/mol. The van der Waals surface area contributed by atoms with Crippen LogP contribution in [-0.2, 0) is 11.3 Å². The molecule has 0 aliphatic heterocycles. The van der Waals surface area contributed by atoms with E-state index in [9.17, 15) is 14.0 Å². The molecule has 6 nitrogen and oxygen atoms in total. The Morgan fingerprint density at radius 1 is 1.05 bits per heavy atom. The van der Waals surface area contributed by atoms with E-state index in [0.717, 1.165) is 22.2 Å². The molecule has 5 aromatic rings. The molecule has 0 unspecified atom stereocenters. The summed E-state index contributed by atoms with van der Waals surface area (Å²) < 4.78 is 26.2. The molecule has 0 N–H and O–H groups in total. The molecular formula is C30H25FN2O4. The van der Waals surface area contributed by atoms with E-state index in [2.05, 4.69) is 18.9 Å². The van der Waals surface area contributed by atoms with E-state index in [0.29, 0.717) is 22.4 Å². The quantitative estimate of drug-likeness (QED) is 0.196. The van der Waals surface area contributed by atoms with E-state index in [-0.39, 0.29) is 23.9 Å². The summed E-state index contributed by atoms with van der Waals surface area (Å²) in [7, 11) is 0. The van der Waals surface area contributed by atoms with Gasteiger partial charge in [-0.25, -0.2) is 18.7 Å². The second-order valence-corrected chi connectivity index (χ2v) is 9.20. The zero-order chi connectivity index (χ0) is 26.1. The number of nitrogens with zero attached hydrogens (tertiary/aromatic N) is 2. The molecule has 7 heteroatoms. The van der Waals surface area contributed by atoms with Crippen LogP contribution in [0.2, 0.25) is 0 Å². The van der Waals surface area contributed by atoms with Gasteiger partial charge in [0.1, 0.15) is 29.3 Å². The fraction of sp³-hybridized carbons (Fsp3) is 0.167. The minimum atomic E-state index is -0.612. The van der Waals surface area contributed by atoms with Gasteiger partial charge in [-0.05, 0) is 72.5 Å². The van der Waals surface area contributed by atoms with Crippen molar-refractivity contribution in [2.24, 2.45) is 0 Å². The molecule has 0 aliphatic rings. The first-order valence-corrected chi connectivity index (χ1v) is 12.0. The van der Waals surface area contributed by atoms with Crippen LogP contribution in [0.5, 0.6) is 0 Å². The van der Waals surface area contributed by atoms with Crippen LogP contribution in [0.1, 0.15) is 46.8 Å². The van der Waals surface area contributed by atoms with Crippen LogP contribution in [-0.4, -0.2) is 15.7 Å². The third kappa shape index (κ3) is 4.93. The molecule has 186 valence electrons. The Hall–Kier alpha value is -4.52. The molecule has 0 saturated heterocycles. The predicted molar refractivity (Wildman–Crippen MR) is 139 cm³/mol. The first kappa shape index (κ1) is 24.2. The zero-order valence-corrected chi connectivity index (χ0v) is 20.7. The highest BCUT2D eigenvalue weighted by Gasteiger charge is 2.21. The Labute approximate surface area is 212 Å². The first-order chi connectivity index (χ1) is 17.8. The first-order valence-electron chi connectivity index (χ1n) is 12.0. The van der Waals surface area contributed by atoms with Crippen LogP contribution in [0.25, 0.3) is 27.9 Å². The normalized spacial score (nSPS) is 11.3. The molecule has 37 heavy (non-hydrogen) atoms. The number of halogens is 1. The number of esters is 1. The van der Waals surface area contributed by atoms with Crippen LogP contribution in [0.15, 0.2) is 88.2 Å². The molecule has 0 spiro atoms. The average molecular weight is 497 g/mol. The van der Waals surface area contributed by atoms with Crippen LogP contribution < -0.4 is 5.63 Å². The number of para-hydroxylation sites is 1. The van der Waals surface area contributed by atoms with Crippen molar-refractivity contribution in [1.29, 1.82) is 0 Å². The summed E-state index contributed by atoms with van der Waals surface area (Å²) in [6.45, 7) is 6.03. The van der Waals surface area contributed by atoms with Gasteiger partial charge in [-0.15, -0.1) is 0 Å². The van der Waals surface area contributed by atoms with Crippen molar-refractivity contribution >= 4 is 16.9 Å². The van der Waals surface area contributed by atoms with E-state index in [1.807, 2.05) is 49.4 Å². The van der Waals surface area contributed by atoms with Gasteiger partial charge < -0.3 is 9.15 Å². The number of ether oxygens (including phenoxy) is 1. The topological polar surface area (TPSA) is 74.3 Å². The fourth-order valence-electron chi connectivity index (χ4n) is 4.41. The van der Waals surface area contributed by atoms with Gasteiger partial charge in [-0.2, -0.15) is 5.10 Å². The van der Waals surface area contributed by atoms with Crippen molar-refractivity contribution in [1.82, 2.24) is 9.78 Å². The molecule has 0 bridgehead atoms. The highest BCUT2D eigenvalue weighted by Crippen LogP contribution is 2.28. The molecular weight excluding hydrogens is 471 g/mol. The van der Waals surface area contributed by atoms with Crippen LogP contribution in [0, 0.1) is 12.7 Å². The van der Waals surface area contributed by atoms with Crippen LogP contribution >= 0.6 is 0 Å². The molecule has 0 atom stereocenters. The zero-order valence-electron chi connectivity index (χ0n) is 20.7. The number of aromatic nitrogens is 2. The summed E-state index contributed by atoms with van der Waals surface area (Å²) in [6, 6.07) is 20.3. The van der Waals surface area contributed by atoms with Crippen molar-refractivity contribution in [3.05, 3.63) is 117 Å². The van der Waals surface area contributed by atoms with E-state index in [1.54, 1.807) is 23.0 Å². The van der Waals surface area contributed by atoms with Gasteiger partial charge in [0, 0.05) is 28.8 Å². The molecule has 2 heterocycles. The molecule has 0 aliphatic carbocycles. The summed E-state index contributed by atoms with van der Waals surface area (Å²) in [5.41, 5.74) is 4.56. The minimum Gasteiger partial charge on any atom is -0.457 e. The highest BCUT2D eigenvalue weighted by atomic mass is 19.1. The highest BCUT2D eigenvalue weighted by molar-refractivity contribution is 5.96. The molecule has 5 rings (SSSR count). The van der Waals surface area contributed by atoms with Crippen LogP contribution in [0.3, 0.4) is 0 Å². The second kappa shape index (κ2) is 9.85. The van der Waals surface area contributed by atoms with Crippen molar-refractivity contribution in [2.45, 2.75) is 33.3 Å². The second-order valence-electron chi connectivity index (χ2n) is 9.20. The van der Waals surface area contributed by atoms with Gasteiger partial charge in [-0.3, -0.25) is 0 Å². The minimum absolute atomic E-state index is 0.124. The SMILES string of the molecule is Cc1cc2oc(=O)cc(COC(=O)c3cn(-c4ccccc4)nc3-c3ccc(F)cc3)c2cc1C(C)C. The lowest BCUT2D eigenvalue weighted by Crippen LogP contribution is -2.09. The third-order valence-corrected chi connectivity index (χ3v) is 6.27. The van der Waals surface area contributed by atoms with E-state index in [1.165, 1.54) is 18.2 Å². The summed E-state index contributed by atoms with van der Waals surface area (Å²) in [6.07, 6.45) is 1.59. The van der Waals surface area contributed by atoms with Crippen molar-refractivity contribution in [3.63, 3.8) is 0 Å². The third-order valence-electron chi connectivity index (χ3n) is 6.27. The molecule has 2 aromatic heterocycles.